The van der Waals surface area contributed by atoms with E-state index < -0.39 is 17.6 Å². The van der Waals surface area contributed by atoms with Crippen LogP contribution in [-0.4, -0.2) is 43.0 Å². The molecule has 0 bridgehead atoms. The van der Waals surface area contributed by atoms with Gasteiger partial charge in [0.1, 0.15) is 0 Å². The molecule has 1 atom stereocenters. The Morgan fingerprint density at radius 2 is 2.12 bits per heavy atom. The Kier molecular flexibility index (Phi) is 6.88. The molecule has 1 heterocycles. The van der Waals surface area contributed by atoms with Gasteiger partial charge in [-0.1, -0.05) is 11.6 Å². The van der Waals surface area contributed by atoms with E-state index in [9.17, 15) is 22.8 Å². The summed E-state index contributed by atoms with van der Waals surface area (Å²) in [7, 11) is 0. The van der Waals surface area contributed by atoms with Gasteiger partial charge in [0.15, 0.2) is 0 Å². The van der Waals surface area contributed by atoms with Gasteiger partial charge in [-0.25, -0.2) is 0 Å². The number of alkyl halides is 3. The number of benzene rings is 1. The molecule has 1 fully saturated rings. The number of ether oxygens (including phenoxy) is 1. The number of piperidine rings is 1. The van der Waals surface area contributed by atoms with Crippen LogP contribution in [-0.2, 0) is 20.5 Å². The van der Waals surface area contributed by atoms with Crippen molar-refractivity contribution < 1.29 is 27.5 Å². The molecule has 1 unspecified atom stereocenters. The number of anilines is 1. The minimum Gasteiger partial charge on any atom is -0.466 e. The molecule has 1 aliphatic heterocycles. The van der Waals surface area contributed by atoms with Crippen LogP contribution in [0.4, 0.5) is 18.9 Å². The number of halogens is 4. The summed E-state index contributed by atoms with van der Waals surface area (Å²) in [5, 5.41) is 2.43. The number of amides is 1. The highest BCUT2D eigenvalue weighted by atomic mass is 35.5. The molecule has 144 valence electrons. The largest absolute Gasteiger partial charge is 0.466 e. The van der Waals surface area contributed by atoms with E-state index in [1.165, 1.54) is 0 Å². The maximum Gasteiger partial charge on any atom is 0.416 e. The fraction of sp³-hybridized carbons (Fsp3) is 0.529. The van der Waals surface area contributed by atoms with Gasteiger partial charge >= 0.3 is 12.1 Å². The van der Waals surface area contributed by atoms with Crippen molar-refractivity contribution in [3.8, 4) is 0 Å². The number of esters is 1. The minimum absolute atomic E-state index is 0.0226. The lowest BCUT2D eigenvalue weighted by molar-refractivity contribution is -0.150. The van der Waals surface area contributed by atoms with Gasteiger partial charge < -0.3 is 10.1 Å². The van der Waals surface area contributed by atoms with E-state index in [0.717, 1.165) is 24.6 Å². The summed E-state index contributed by atoms with van der Waals surface area (Å²) in [6.45, 7) is 2.99. The Labute approximate surface area is 154 Å². The molecule has 5 nitrogen and oxygen atoms in total. The van der Waals surface area contributed by atoms with Crippen LogP contribution in [0.2, 0.25) is 5.02 Å². The maximum absolute atomic E-state index is 12.8. The van der Waals surface area contributed by atoms with Crippen LogP contribution in [0.1, 0.15) is 25.3 Å². The van der Waals surface area contributed by atoms with Crippen molar-refractivity contribution in [2.75, 3.05) is 31.6 Å². The van der Waals surface area contributed by atoms with Crippen LogP contribution in [0.25, 0.3) is 0 Å². The summed E-state index contributed by atoms with van der Waals surface area (Å²) >= 11 is 5.88. The van der Waals surface area contributed by atoms with Crippen molar-refractivity contribution in [2.45, 2.75) is 25.9 Å². The van der Waals surface area contributed by atoms with Crippen LogP contribution in [0.5, 0.6) is 0 Å². The summed E-state index contributed by atoms with van der Waals surface area (Å²) in [5.41, 5.74) is -0.983. The van der Waals surface area contributed by atoms with Crippen molar-refractivity contribution in [3.05, 3.63) is 28.8 Å². The number of hydrogen-bond donors (Lipinski definition) is 1. The van der Waals surface area contributed by atoms with E-state index in [1.807, 2.05) is 0 Å². The lowest BCUT2D eigenvalue weighted by atomic mass is 9.98. The average molecular weight is 393 g/mol. The Bertz CT molecular complexity index is 667. The maximum atomic E-state index is 12.8. The first kappa shape index (κ1) is 20.5. The Morgan fingerprint density at radius 3 is 2.77 bits per heavy atom. The van der Waals surface area contributed by atoms with Crippen molar-refractivity contribution in [1.29, 1.82) is 0 Å². The minimum atomic E-state index is -4.52. The summed E-state index contributed by atoms with van der Waals surface area (Å²) in [5.74, 6) is -1.08. The summed E-state index contributed by atoms with van der Waals surface area (Å²) in [6.07, 6.45) is -3.10. The second-order valence-corrected chi connectivity index (χ2v) is 6.47. The first-order chi connectivity index (χ1) is 12.2. The van der Waals surface area contributed by atoms with Gasteiger partial charge in [0, 0.05) is 6.54 Å². The van der Waals surface area contributed by atoms with Crippen LogP contribution in [0, 0.1) is 5.92 Å². The highest BCUT2D eigenvalue weighted by Gasteiger charge is 2.31. The SMILES string of the molecule is CCOC(=O)C1CCCN(CC(=O)Nc2cc(C(F)(F)F)ccc2Cl)C1. The van der Waals surface area contributed by atoms with Gasteiger partial charge in [-0.2, -0.15) is 13.2 Å². The number of carbonyl (C=O) groups excluding carboxylic acids is 2. The predicted molar refractivity (Wildman–Crippen MR) is 90.9 cm³/mol. The van der Waals surface area contributed by atoms with Crippen LogP contribution in [0.3, 0.4) is 0 Å². The molecule has 0 aromatic heterocycles. The molecular weight excluding hydrogens is 373 g/mol. The van der Waals surface area contributed by atoms with E-state index in [1.54, 1.807) is 11.8 Å². The zero-order chi connectivity index (χ0) is 19.3. The fourth-order valence-electron chi connectivity index (χ4n) is 2.84. The standard InChI is InChI=1S/C17H20ClF3N2O3/c1-2-26-16(25)11-4-3-7-23(9-11)10-15(24)22-14-8-12(17(19,20)21)5-6-13(14)18/h5-6,8,11H,2-4,7,9-10H2,1H3,(H,22,24). The number of carbonyl (C=O) groups is 2. The molecule has 1 aromatic rings. The van der Waals surface area contributed by atoms with Gasteiger partial charge in [-0.05, 0) is 44.5 Å². The molecule has 1 aromatic carbocycles. The van der Waals surface area contributed by atoms with E-state index >= 15 is 0 Å². The first-order valence-electron chi connectivity index (χ1n) is 8.26. The molecule has 0 spiro atoms. The van der Waals surface area contributed by atoms with Crippen molar-refractivity contribution in [2.24, 2.45) is 5.92 Å². The molecule has 1 saturated heterocycles. The topological polar surface area (TPSA) is 58.6 Å². The fourth-order valence-corrected chi connectivity index (χ4v) is 3.01. The summed E-state index contributed by atoms with van der Waals surface area (Å²) in [6, 6.07) is 2.75. The third-order valence-corrected chi connectivity index (χ3v) is 4.39. The highest BCUT2D eigenvalue weighted by molar-refractivity contribution is 6.33. The van der Waals surface area contributed by atoms with E-state index in [-0.39, 0.29) is 29.1 Å². The molecule has 0 aliphatic carbocycles. The molecule has 2 rings (SSSR count). The molecule has 1 amide bonds. The third-order valence-electron chi connectivity index (χ3n) is 4.06. The highest BCUT2D eigenvalue weighted by Crippen LogP contribution is 2.33. The predicted octanol–water partition coefficient (Wildman–Crippen LogP) is 3.57. The quantitative estimate of drug-likeness (QED) is 0.778. The molecule has 26 heavy (non-hydrogen) atoms. The lowest BCUT2D eigenvalue weighted by Gasteiger charge is -2.30. The lowest BCUT2D eigenvalue weighted by Crippen LogP contribution is -2.43. The van der Waals surface area contributed by atoms with Gasteiger partial charge in [0.2, 0.25) is 5.91 Å². The zero-order valence-corrected chi connectivity index (χ0v) is 15.0. The first-order valence-corrected chi connectivity index (χ1v) is 8.64. The summed E-state index contributed by atoms with van der Waals surface area (Å²) < 4.78 is 43.4. The zero-order valence-electron chi connectivity index (χ0n) is 14.2. The van der Waals surface area contributed by atoms with Gasteiger partial charge in [0.05, 0.1) is 35.3 Å². The molecule has 0 saturated carbocycles. The van der Waals surface area contributed by atoms with Gasteiger partial charge in [-0.3, -0.25) is 14.5 Å². The molecular formula is C17H20ClF3N2O3. The second kappa shape index (κ2) is 8.73. The number of nitrogens with zero attached hydrogens (tertiary/aromatic N) is 1. The molecule has 1 aliphatic rings. The van der Waals surface area contributed by atoms with E-state index in [2.05, 4.69) is 5.32 Å². The van der Waals surface area contributed by atoms with Crippen molar-refractivity contribution >= 4 is 29.2 Å². The Balaban J connectivity index is 1.97. The average Bonchev–Trinajstić information content (AvgIpc) is 2.56. The van der Waals surface area contributed by atoms with Gasteiger partial charge in [0.25, 0.3) is 0 Å². The number of nitrogens with one attached hydrogen (secondary N) is 1. The van der Waals surface area contributed by atoms with Crippen LogP contribution < -0.4 is 5.32 Å². The smallest absolute Gasteiger partial charge is 0.416 e. The Morgan fingerprint density at radius 1 is 1.38 bits per heavy atom. The second-order valence-electron chi connectivity index (χ2n) is 6.07. The number of hydrogen-bond acceptors (Lipinski definition) is 4. The summed E-state index contributed by atoms with van der Waals surface area (Å²) in [4.78, 5) is 25.8. The Hall–Kier alpha value is -1.80. The van der Waals surface area contributed by atoms with Crippen LogP contribution in [0.15, 0.2) is 18.2 Å². The molecule has 1 N–H and O–H groups in total. The van der Waals surface area contributed by atoms with Crippen molar-refractivity contribution in [3.63, 3.8) is 0 Å². The monoisotopic (exact) mass is 392 g/mol. The van der Waals surface area contributed by atoms with Gasteiger partial charge in [-0.15, -0.1) is 0 Å². The normalized spacial score (nSPS) is 18.4. The third kappa shape index (κ3) is 5.60. The molecule has 0 radical (unpaired) electrons. The number of rotatable bonds is 5. The van der Waals surface area contributed by atoms with E-state index in [4.69, 9.17) is 16.3 Å². The van der Waals surface area contributed by atoms with Crippen LogP contribution >= 0.6 is 11.6 Å². The molecule has 9 heteroatoms. The number of likely N-dealkylation sites (tertiary alicyclic amines) is 1. The van der Waals surface area contributed by atoms with Crippen molar-refractivity contribution in [1.82, 2.24) is 4.90 Å². The van der Waals surface area contributed by atoms with E-state index in [0.29, 0.717) is 26.1 Å².